The quantitative estimate of drug-likeness (QED) is 0.557. The molecule has 0 radical (unpaired) electrons. The van der Waals surface area contributed by atoms with Crippen molar-refractivity contribution in [1.29, 1.82) is 0 Å². The standard InChI is InChI=1S/C23H23FN2O2S/c24-19-7-5-16(6-8-19)22(27)17-9-11-25(12-10-17)13-14-26-21(29)15-18-3-1-2-4-20(18)23(26)28/h1-8,17H,9-15H2/i24-1. The molecular formula is C23H23FN2O2S. The number of likely N-dealkylation sites (tertiary alicyclic amines) is 1. The van der Waals surface area contributed by atoms with Crippen molar-refractivity contribution in [3.05, 3.63) is 71.0 Å². The van der Waals surface area contributed by atoms with Gasteiger partial charge >= 0.3 is 0 Å². The Balaban J connectivity index is 1.30. The first-order valence-electron chi connectivity index (χ1n) is 9.97. The van der Waals surface area contributed by atoms with Crippen LogP contribution < -0.4 is 0 Å². The number of hydrogen-bond donors (Lipinski definition) is 0. The zero-order valence-electron chi connectivity index (χ0n) is 16.1. The summed E-state index contributed by atoms with van der Waals surface area (Å²) in [4.78, 5) is 30.1. The van der Waals surface area contributed by atoms with Crippen molar-refractivity contribution < 1.29 is 14.0 Å². The summed E-state index contributed by atoms with van der Waals surface area (Å²) in [6, 6.07) is 13.4. The Kier molecular flexibility index (Phi) is 5.83. The third kappa shape index (κ3) is 4.28. The van der Waals surface area contributed by atoms with E-state index in [9.17, 15) is 14.0 Å². The smallest absolute Gasteiger partial charge is 0.259 e. The van der Waals surface area contributed by atoms with Crippen molar-refractivity contribution in [3.63, 3.8) is 0 Å². The van der Waals surface area contributed by atoms with E-state index in [0.29, 0.717) is 23.5 Å². The van der Waals surface area contributed by atoms with Crippen molar-refractivity contribution in [2.24, 2.45) is 5.92 Å². The van der Waals surface area contributed by atoms with Gasteiger partial charge in [0.15, 0.2) is 5.78 Å². The molecule has 0 N–H and O–H groups in total. The maximum Gasteiger partial charge on any atom is 0.259 e. The number of benzene rings is 2. The molecule has 2 aromatic rings. The van der Waals surface area contributed by atoms with Gasteiger partial charge in [-0.15, -0.1) is 0 Å². The molecule has 1 fully saturated rings. The van der Waals surface area contributed by atoms with Crippen LogP contribution in [0.3, 0.4) is 0 Å². The first kappa shape index (κ1) is 19.9. The minimum Gasteiger partial charge on any atom is -0.302 e. The summed E-state index contributed by atoms with van der Waals surface area (Å²) < 4.78 is 13.1. The molecule has 0 spiro atoms. The molecule has 2 aliphatic rings. The van der Waals surface area contributed by atoms with Gasteiger partial charge in [-0.3, -0.25) is 9.59 Å². The van der Waals surface area contributed by atoms with Crippen LogP contribution in [-0.2, 0) is 6.42 Å². The van der Waals surface area contributed by atoms with Gasteiger partial charge < -0.3 is 9.80 Å². The molecule has 2 aromatic carbocycles. The lowest BCUT2D eigenvalue weighted by Crippen LogP contribution is -2.46. The van der Waals surface area contributed by atoms with E-state index in [2.05, 4.69) is 4.90 Å². The lowest BCUT2D eigenvalue weighted by molar-refractivity contribution is 0.0796. The van der Waals surface area contributed by atoms with Crippen LogP contribution in [0.4, 0.5) is 4.39 Å². The summed E-state index contributed by atoms with van der Waals surface area (Å²) in [6.45, 7) is 2.93. The number of hydrogen-bond acceptors (Lipinski definition) is 4. The summed E-state index contributed by atoms with van der Waals surface area (Å²) >= 11 is 5.48. The normalized spacial score (nSPS) is 18.0. The fraction of sp³-hybridized carbons (Fsp3) is 0.348. The number of nitrogens with zero attached hydrogens (tertiary/aromatic N) is 2. The number of carbonyl (C=O) groups excluding carboxylic acids is 2. The van der Waals surface area contributed by atoms with Crippen LogP contribution in [0.25, 0.3) is 0 Å². The number of amides is 1. The molecule has 0 atom stereocenters. The summed E-state index contributed by atoms with van der Waals surface area (Å²) in [5.41, 5.74) is 2.32. The van der Waals surface area contributed by atoms with E-state index in [1.54, 1.807) is 17.0 Å². The molecule has 0 aromatic heterocycles. The second kappa shape index (κ2) is 8.51. The summed E-state index contributed by atoms with van der Waals surface area (Å²) in [5.74, 6) is -0.280. The topological polar surface area (TPSA) is 40.6 Å². The highest BCUT2D eigenvalue weighted by Crippen LogP contribution is 2.23. The second-order valence-corrected chi connectivity index (χ2v) is 8.14. The number of halogens is 1. The minimum atomic E-state index is -0.329. The fourth-order valence-electron chi connectivity index (χ4n) is 4.14. The highest BCUT2D eigenvalue weighted by atomic mass is 32.1. The third-order valence-corrected chi connectivity index (χ3v) is 6.23. The van der Waals surface area contributed by atoms with Gasteiger partial charge in [0.1, 0.15) is 5.82 Å². The van der Waals surface area contributed by atoms with Crippen LogP contribution >= 0.6 is 12.2 Å². The number of thiocarbonyl (C=S) groups is 1. The molecule has 0 aliphatic carbocycles. The molecule has 0 saturated carbocycles. The van der Waals surface area contributed by atoms with Gasteiger partial charge in [0.05, 0.1) is 4.99 Å². The Morgan fingerprint density at radius 3 is 2.45 bits per heavy atom. The van der Waals surface area contributed by atoms with Crippen LogP contribution in [0.2, 0.25) is 0 Å². The predicted molar refractivity (Wildman–Crippen MR) is 114 cm³/mol. The molecule has 1 saturated heterocycles. The molecule has 1 amide bonds. The molecule has 0 bridgehead atoms. The van der Waals surface area contributed by atoms with Crippen molar-refractivity contribution in [2.45, 2.75) is 19.3 Å². The highest BCUT2D eigenvalue weighted by Gasteiger charge is 2.30. The van der Waals surface area contributed by atoms with Gasteiger partial charge in [-0.05, 0) is 61.8 Å². The van der Waals surface area contributed by atoms with E-state index >= 15 is 0 Å². The van der Waals surface area contributed by atoms with E-state index in [0.717, 1.165) is 43.6 Å². The minimum absolute atomic E-state index is 0.0155. The average molecular weight is 410 g/mol. The number of ketones is 1. The van der Waals surface area contributed by atoms with Crippen molar-refractivity contribution in [2.75, 3.05) is 26.2 Å². The fourth-order valence-corrected chi connectivity index (χ4v) is 4.47. The van der Waals surface area contributed by atoms with Crippen LogP contribution in [0.1, 0.15) is 39.1 Å². The molecule has 2 aliphatic heterocycles. The van der Waals surface area contributed by atoms with Gasteiger partial charge in [-0.2, -0.15) is 0 Å². The van der Waals surface area contributed by atoms with Gasteiger partial charge in [-0.1, -0.05) is 30.4 Å². The van der Waals surface area contributed by atoms with Crippen LogP contribution in [-0.4, -0.2) is 52.7 Å². The van der Waals surface area contributed by atoms with Gasteiger partial charge in [0, 0.05) is 36.6 Å². The second-order valence-electron chi connectivity index (χ2n) is 7.67. The monoisotopic (exact) mass is 409 g/mol. The molecule has 6 heteroatoms. The number of Topliss-reactive ketones (excluding diaryl/α,β-unsaturated/α-hetero) is 1. The molecule has 0 unspecified atom stereocenters. The average Bonchev–Trinajstić information content (AvgIpc) is 2.74. The van der Waals surface area contributed by atoms with Crippen LogP contribution in [0.15, 0.2) is 48.5 Å². The molecule has 29 heavy (non-hydrogen) atoms. The predicted octanol–water partition coefficient (Wildman–Crippen LogP) is 3.75. The maximum atomic E-state index is 13.1. The van der Waals surface area contributed by atoms with Gasteiger partial charge in [0.25, 0.3) is 5.91 Å². The van der Waals surface area contributed by atoms with Gasteiger partial charge in [-0.25, -0.2) is 4.39 Å². The third-order valence-electron chi connectivity index (χ3n) is 5.86. The van der Waals surface area contributed by atoms with Crippen LogP contribution in [0, 0.1) is 11.7 Å². The highest BCUT2D eigenvalue weighted by molar-refractivity contribution is 7.80. The van der Waals surface area contributed by atoms with E-state index in [4.69, 9.17) is 12.2 Å². The largest absolute Gasteiger partial charge is 0.302 e. The molecule has 4 nitrogen and oxygen atoms in total. The first-order chi connectivity index (χ1) is 14.0. The zero-order chi connectivity index (χ0) is 20.4. The Hall–Kier alpha value is -2.44. The van der Waals surface area contributed by atoms with Crippen LogP contribution in [0.5, 0.6) is 0 Å². The lowest BCUT2D eigenvalue weighted by atomic mass is 9.89. The molecular weight excluding hydrogens is 386 g/mol. The Bertz CT molecular complexity index is 936. The first-order valence-corrected chi connectivity index (χ1v) is 10.4. The van der Waals surface area contributed by atoms with E-state index < -0.39 is 0 Å². The Morgan fingerprint density at radius 1 is 1.03 bits per heavy atom. The lowest BCUT2D eigenvalue weighted by Gasteiger charge is -2.34. The SMILES string of the molecule is O=C(c1ccc([18F])cc1)C1CCN(CCN2C(=O)c3ccccc3CC2=S)CC1. The Morgan fingerprint density at radius 2 is 1.72 bits per heavy atom. The van der Waals surface area contributed by atoms with E-state index in [1.165, 1.54) is 12.1 Å². The summed E-state index contributed by atoms with van der Waals surface area (Å²) in [5, 5.41) is 0. The molecule has 150 valence electrons. The van der Waals surface area contributed by atoms with Crippen molar-refractivity contribution >= 4 is 28.9 Å². The number of fused-ring (bicyclic) bond motifs is 1. The van der Waals surface area contributed by atoms with E-state index in [1.807, 2.05) is 24.3 Å². The van der Waals surface area contributed by atoms with E-state index in [-0.39, 0.29) is 23.4 Å². The summed E-state index contributed by atoms with van der Waals surface area (Å²) in [6.07, 6.45) is 2.18. The van der Waals surface area contributed by atoms with Crippen molar-refractivity contribution in [1.82, 2.24) is 9.80 Å². The number of rotatable bonds is 5. The maximum absolute atomic E-state index is 13.1. The molecule has 2 heterocycles. The number of carbonyl (C=O) groups is 2. The molecule has 4 rings (SSSR count). The Labute approximate surface area is 175 Å². The van der Waals surface area contributed by atoms with Crippen molar-refractivity contribution in [3.8, 4) is 0 Å². The number of piperidine rings is 1. The zero-order valence-corrected chi connectivity index (χ0v) is 17.0. The summed E-state index contributed by atoms with van der Waals surface area (Å²) in [7, 11) is 0. The van der Waals surface area contributed by atoms with Gasteiger partial charge in [0.2, 0.25) is 0 Å².